The van der Waals surface area contributed by atoms with E-state index in [9.17, 15) is 8.78 Å². The summed E-state index contributed by atoms with van der Waals surface area (Å²) in [5.41, 5.74) is 0. The molecule has 0 spiro atoms. The van der Waals surface area contributed by atoms with Crippen LogP contribution in [0.5, 0.6) is 0 Å². The average Bonchev–Trinajstić information content (AvgIpc) is 2.62. The molecule has 1 aromatic rings. The summed E-state index contributed by atoms with van der Waals surface area (Å²) >= 11 is 0. The van der Waals surface area contributed by atoms with Crippen molar-refractivity contribution in [2.75, 3.05) is 7.05 Å². The number of aryl methyl sites for hydroxylation is 1. The normalized spacial score (nSPS) is 13.4. The van der Waals surface area contributed by atoms with Crippen LogP contribution in [0.25, 0.3) is 0 Å². The summed E-state index contributed by atoms with van der Waals surface area (Å²) in [6.45, 7) is 2.88. The van der Waals surface area contributed by atoms with E-state index < -0.39 is 12.5 Å². The van der Waals surface area contributed by atoms with Gasteiger partial charge in [0.2, 0.25) is 0 Å². The number of halogens is 2. The number of nitrogens with zero attached hydrogens (tertiary/aromatic N) is 2. The van der Waals surface area contributed by atoms with Crippen molar-refractivity contribution in [3.05, 3.63) is 18.2 Å². The first-order valence-electron chi connectivity index (χ1n) is 5.14. The summed E-state index contributed by atoms with van der Waals surface area (Å²) in [4.78, 5) is 4.09. The SMILES string of the molecule is CCCn1ccnc1CC(NC)C(F)F. The molecule has 0 aliphatic heterocycles. The minimum atomic E-state index is -2.36. The summed E-state index contributed by atoms with van der Waals surface area (Å²) in [5.74, 6) is 0.719. The van der Waals surface area contributed by atoms with Crippen LogP contribution in [-0.4, -0.2) is 29.1 Å². The maximum absolute atomic E-state index is 12.5. The maximum atomic E-state index is 12.5. The van der Waals surface area contributed by atoms with Gasteiger partial charge in [-0.05, 0) is 13.5 Å². The van der Waals surface area contributed by atoms with E-state index in [4.69, 9.17) is 0 Å². The third-order valence-corrected chi connectivity index (χ3v) is 2.34. The predicted molar refractivity (Wildman–Crippen MR) is 55.1 cm³/mol. The highest BCUT2D eigenvalue weighted by molar-refractivity contribution is 4.96. The summed E-state index contributed by atoms with van der Waals surface area (Å²) < 4.78 is 26.9. The molecule has 0 saturated heterocycles. The van der Waals surface area contributed by atoms with E-state index in [1.165, 1.54) is 0 Å². The Labute approximate surface area is 88.5 Å². The number of hydrogen-bond donors (Lipinski definition) is 1. The molecule has 1 aromatic heterocycles. The van der Waals surface area contributed by atoms with E-state index >= 15 is 0 Å². The molecule has 1 N–H and O–H groups in total. The van der Waals surface area contributed by atoms with Gasteiger partial charge >= 0.3 is 0 Å². The molecule has 0 aliphatic carbocycles. The Balaban J connectivity index is 2.65. The number of likely N-dealkylation sites (N-methyl/N-ethyl adjacent to an activating group) is 1. The van der Waals surface area contributed by atoms with Gasteiger partial charge < -0.3 is 9.88 Å². The first kappa shape index (κ1) is 12.1. The van der Waals surface area contributed by atoms with Gasteiger partial charge in [0.1, 0.15) is 5.82 Å². The predicted octanol–water partition coefficient (Wildman–Crippen LogP) is 1.69. The topological polar surface area (TPSA) is 29.9 Å². The van der Waals surface area contributed by atoms with Gasteiger partial charge in [-0.25, -0.2) is 13.8 Å². The zero-order valence-corrected chi connectivity index (χ0v) is 9.08. The zero-order chi connectivity index (χ0) is 11.3. The molecule has 0 amide bonds. The van der Waals surface area contributed by atoms with Gasteiger partial charge in [0.15, 0.2) is 0 Å². The molecule has 3 nitrogen and oxygen atoms in total. The van der Waals surface area contributed by atoms with Crippen LogP contribution in [0.15, 0.2) is 12.4 Å². The second kappa shape index (κ2) is 5.80. The minimum absolute atomic E-state index is 0.265. The molecule has 0 aromatic carbocycles. The van der Waals surface area contributed by atoms with E-state index in [-0.39, 0.29) is 6.42 Å². The molecule has 0 saturated carbocycles. The Morgan fingerprint density at radius 1 is 1.53 bits per heavy atom. The fraction of sp³-hybridized carbons (Fsp3) is 0.700. The summed E-state index contributed by atoms with van der Waals surface area (Å²) in [6.07, 6.45) is 2.37. The van der Waals surface area contributed by atoms with E-state index in [0.29, 0.717) is 0 Å². The molecule has 0 radical (unpaired) electrons. The van der Waals surface area contributed by atoms with Crippen LogP contribution < -0.4 is 5.32 Å². The fourth-order valence-electron chi connectivity index (χ4n) is 1.49. The van der Waals surface area contributed by atoms with Crippen molar-refractivity contribution in [3.63, 3.8) is 0 Å². The van der Waals surface area contributed by atoms with Crippen LogP contribution in [0, 0.1) is 0 Å². The largest absolute Gasteiger partial charge is 0.335 e. The van der Waals surface area contributed by atoms with Crippen molar-refractivity contribution >= 4 is 0 Å². The first-order valence-corrected chi connectivity index (χ1v) is 5.14. The van der Waals surface area contributed by atoms with Crippen molar-refractivity contribution in [3.8, 4) is 0 Å². The van der Waals surface area contributed by atoms with Crippen molar-refractivity contribution < 1.29 is 8.78 Å². The summed E-state index contributed by atoms with van der Waals surface area (Å²) in [7, 11) is 1.55. The van der Waals surface area contributed by atoms with Gasteiger partial charge in [-0.1, -0.05) is 6.92 Å². The summed E-state index contributed by atoms with van der Waals surface area (Å²) in [6, 6.07) is -0.817. The molecular formula is C10H17F2N3. The summed E-state index contributed by atoms with van der Waals surface area (Å²) in [5, 5.41) is 2.61. The number of hydrogen-bond acceptors (Lipinski definition) is 2. The number of nitrogens with one attached hydrogen (secondary N) is 1. The first-order chi connectivity index (χ1) is 7.19. The van der Waals surface area contributed by atoms with E-state index in [1.54, 1.807) is 13.2 Å². The van der Waals surface area contributed by atoms with E-state index in [2.05, 4.69) is 10.3 Å². The number of rotatable bonds is 6. The number of aromatic nitrogens is 2. The van der Waals surface area contributed by atoms with Crippen molar-refractivity contribution in [1.82, 2.24) is 14.9 Å². The second-order valence-corrected chi connectivity index (χ2v) is 3.47. The van der Waals surface area contributed by atoms with E-state index in [0.717, 1.165) is 18.8 Å². The lowest BCUT2D eigenvalue weighted by Crippen LogP contribution is -2.35. The van der Waals surface area contributed by atoms with Gasteiger partial charge in [-0.3, -0.25) is 0 Å². The fourth-order valence-corrected chi connectivity index (χ4v) is 1.49. The average molecular weight is 217 g/mol. The molecule has 15 heavy (non-hydrogen) atoms. The van der Waals surface area contributed by atoms with Crippen LogP contribution in [0.4, 0.5) is 8.78 Å². The van der Waals surface area contributed by atoms with Crippen LogP contribution in [0.2, 0.25) is 0 Å². The highest BCUT2D eigenvalue weighted by Crippen LogP contribution is 2.08. The highest BCUT2D eigenvalue weighted by atomic mass is 19.3. The van der Waals surface area contributed by atoms with Gasteiger partial charge in [0.05, 0.1) is 6.04 Å². The molecule has 1 atom stereocenters. The Hall–Kier alpha value is -0.970. The molecule has 1 rings (SSSR count). The van der Waals surface area contributed by atoms with Crippen molar-refractivity contribution in [2.24, 2.45) is 0 Å². The van der Waals surface area contributed by atoms with Crippen LogP contribution in [0.3, 0.4) is 0 Å². The smallest absolute Gasteiger partial charge is 0.254 e. The van der Waals surface area contributed by atoms with Crippen LogP contribution in [-0.2, 0) is 13.0 Å². The lowest BCUT2D eigenvalue weighted by atomic mass is 10.2. The molecule has 5 heteroatoms. The Morgan fingerprint density at radius 3 is 2.80 bits per heavy atom. The highest BCUT2D eigenvalue weighted by Gasteiger charge is 2.20. The molecule has 1 unspecified atom stereocenters. The third-order valence-electron chi connectivity index (χ3n) is 2.34. The van der Waals surface area contributed by atoms with Crippen LogP contribution in [0.1, 0.15) is 19.2 Å². The van der Waals surface area contributed by atoms with Crippen molar-refractivity contribution in [2.45, 2.75) is 38.8 Å². The molecule has 0 aliphatic rings. The Bertz CT molecular complexity index is 286. The number of alkyl halides is 2. The molecule has 86 valence electrons. The molecule has 1 heterocycles. The van der Waals surface area contributed by atoms with Crippen molar-refractivity contribution in [1.29, 1.82) is 0 Å². The minimum Gasteiger partial charge on any atom is -0.335 e. The number of imidazole rings is 1. The molecule has 0 fully saturated rings. The standard InChI is InChI=1S/C10H17F2N3/c1-3-5-15-6-4-14-9(15)7-8(13-2)10(11)12/h4,6,8,10,13H,3,5,7H2,1-2H3. The third kappa shape index (κ3) is 3.27. The Morgan fingerprint density at radius 2 is 2.27 bits per heavy atom. The Kier molecular flexibility index (Phi) is 4.68. The zero-order valence-electron chi connectivity index (χ0n) is 9.08. The maximum Gasteiger partial charge on any atom is 0.254 e. The second-order valence-electron chi connectivity index (χ2n) is 3.47. The van der Waals surface area contributed by atoms with Gasteiger partial charge in [-0.2, -0.15) is 0 Å². The monoisotopic (exact) mass is 217 g/mol. The van der Waals surface area contributed by atoms with E-state index in [1.807, 2.05) is 17.7 Å². The molecule has 0 bridgehead atoms. The lowest BCUT2D eigenvalue weighted by Gasteiger charge is -2.15. The van der Waals surface area contributed by atoms with Gasteiger partial charge in [0.25, 0.3) is 6.43 Å². The van der Waals surface area contributed by atoms with Gasteiger partial charge in [0, 0.05) is 25.4 Å². The molecular weight excluding hydrogens is 200 g/mol. The quantitative estimate of drug-likeness (QED) is 0.785. The van der Waals surface area contributed by atoms with Gasteiger partial charge in [-0.15, -0.1) is 0 Å². The van der Waals surface area contributed by atoms with Crippen LogP contribution >= 0.6 is 0 Å². The lowest BCUT2D eigenvalue weighted by molar-refractivity contribution is 0.101.